The van der Waals surface area contributed by atoms with E-state index in [-0.39, 0.29) is 6.04 Å². The number of nitrogens with one attached hydrogen (secondary N) is 2. The van der Waals surface area contributed by atoms with Crippen molar-refractivity contribution in [2.24, 2.45) is 5.73 Å². The third-order valence-electron chi connectivity index (χ3n) is 3.23. The van der Waals surface area contributed by atoms with Gasteiger partial charge in [-0.25, -0.2) is 14.3 Å². The normalized spacial score (nSPS) is 12.6. The van der Waals surface area contributed by atoms with E-state index >= 15 is 0 Å². The lowest BCUT2D eigenvalue weighted by Crippen LogP contribution is -2.36. The molecule has 4 N–H and O–H groups in total. The Morgan fingerprint density at radius 1 is 1.45 bits per heavy atom. The molecule has 2 amide bonds. The maximum Gasteiger partial charge on any atom is 0.312 e. The molecular formula is C13H20N6O. The number of nitrogens with zero attached hydrogens (tertiary/aromatic N) is 3. The number of rotatable bonds is 5. The van der Waals surface area contributed by atoms with Gasteiger partial charge in [-0.2, -0.15) is 5.10 Å². The molecule has 0 aromatic carbocycles. The van der Waals surface area contributed by atoms with Gasteiger partial charge in [0.2, 0.25) is 0 Å². The average molecular weight is 276 g/mol. The average Bonchev–Trinajstić information content (AvgIpc) is 2.76. The van der Waals surface area contributed by atoms with Gasteiger partial charge < -0.3 is 16.4 Å². The largest absolute Gasteiger partial charge is 0.352 e. The predicted octanol–water partition coefficient (Wildman–Crippen LogP) is 0.665. The fourth-order valence-electron chi connectivity index (χ4n) is 2.19. The molecule has 2 rings (SSSR count). The second kappa shape index (κ2) is 5.87. The molecule has 0 bridgehead atoms. The number of carbonyl (C=O) groups is 1. The molecule has 2 aromatic heterocycles. The van der Waals surface area contributed by atoms with E-state index in [9.17, 15) is 4.79 Å². The molecule has 0 spiro atoms. The summed E-state index contributed by atoms with van der Waals surface area (Å²) in [7, 11) is 0. The Kier molecular flexibility index (Phi) is 4.19. The van der Waals surface area contributed by atoms with E-state index in [1.165, 1.54) is 0 Å². The van der Waals surface area contributed by atoms with Gasteiger partial charge in [0, 0.05) is 42.7 Å². The van der Waals surface area contributed by atoms with Gasteiger partial charge in [-0.1, -0.05) is 0 Å². The first-order valence-corrected chi connectivity index (χ1v) is 6.57. The summed E-state index contributed by atoms with van der Waals surface area (Å²) in [5.41, 5.74) is 8.96. The van der Waals surface area contributed by atoms with Crippen molar-refractivity contribution in [3.05, 3.63) is 29.2 Å². The molecule has 0 saturated carbocycles. The van der Waals surface area contributed by atoms with Crippen molar-refractivity contribution in [1.29, 1.82) is 0 Å². The van der Waals surface area contributed by atoms with Crippen LogP contribution in [0.3, 0.4) is 0 Å². The highest BCUT2D eigenvalue weighted by molar-refractivity contribution is 5.71. The zero-order valence-corrected chi connectivity index (χ0v) is 12.0. The van der Waals surface area contributed by atoms with Gasteiger partial charge in [-0.05, 0) is 20.8 Å². The zero-order chi connectivity index (χ0) is 14.7. The zero-order valence-electron chi connectivity index (χ0n) is 12.0. The van der Waals surface area contributed by atoms with Crippen molar-refractivity contribution < 1.29 is 4.79 Å². The molecule has 2 aromatic rings. The summed E-state index contributed by atoms with van der Waals surface area (Å²) in [6.45, 7) is 7.16. The first kappa shape index (κ1) is 14.3. The monoisotopic (exact) mass is 276 g/mol. The van der Waals surface area contributed by atoms with E-state index in [1.54, 1.807) is 0 Å². The highest BCUT2D eigenvalue weighted by atomic mass is 16.2. The number of fused-ring (bicyclic) bond motifs is 1. The third kappa shape index (κ3) is 3.05. The summed E-state index contributed by atoms with van der Waals surface area (Å²) >= 11 is 0. The summed E-state index contributed by atoms with van der Waals surface area (Å²) in [4.78, 5) is 15.0. The van der Waals surface area contributed by atoms with Crippen molar-refractivity contribution in [2.75, 3.05) is 13.1 Å². The maximum absolute atomic E-state index is 10.6. The Hall–Kier alpha value is -2.15. The van der Waals surface area contributed by atoms with Gasteiger partial charge in [-0.15, -0.1) is 0 Å². The molecule has 0 saturated heterocycles. The number of aryl methyl sites for hydroxylation is 2. The number of amides is 2. The van der Waals surface area contributed by atoms with Crippen LogP contribution in [0.25, 0.3) is 5.65 Å². The van der Waals surface area contributed by atoms with Crippen LogP contribution in [0.4, 0.5) is 4.79 Å². The first-order valence-electron chi connectivity index (χ1n) is 6.57. The molecule has 0 aliphatic carbocycles. The van der Waals surface area contributed by atoms with Gasteiger partial charge in [0.05, 0.1) is 5.69 Å². The maximum atomic E-state index is 10.6. The van der Waals surface area contributed by atoms with E-state index in [0.717, 1.165) is 22.6 Å². The quantitative estimate of drug-likeness (QED) is 0.699. The Morgan fingerprint density at radius 3 is 2.90 bits per heavy atom. The lowest BCUT2D eigenvalue weighted by atomic mass is 10.1. The van der Waals surface area contributed by atoms with E-state index in [4.69, 9.17) is 5.73 Å². The number of hydrogen-bond donors (Lipinski definition) is 3. The van der Waals surface area contributed by atoms with E-state index < -0.39 is 6.03 Å². The predicted molar refractivity (Wildman–Crippen MR) is 76.5 cm³/mol. The molecule has 0 fully saturated rings. The number of hydrogen-bond acceptors (Lipinski definition) is 4. The van der Waals surface area contributed by atoms with Crippen molar-refractivity contribution in [1.82, 2.24) is 25.2 Å². The Bertz CT molecular complexity index is 621. The smallest absolute Gasteiger partial charge is 0.312 e. The molecule has 7 heteroatoms. The van der Waals surface area contributed by atoms with Crippen LogP contribution >= 0.6 is 0 Å². The van der Waals surface area contributed by atoms with E-state index in [2.05, 4.69) is 27.6 Å². The summed E-state index contributed by atoms with van der Waals surface area (Å²) < 4.78 is 1.85. The highest BCUT2D eigenvalue weighted by Crippen LogP contribution is 2.17. The number of urea groups is 1. The highest BCUT2D eigenvalue weighted by Gasteiger charge is 2.12. The standard InChI is InChI=1S/C13H20N6O/c1-8-6-12-17-7-11(10(3)19(12)18-8)9(2)15-4-5-16-13(14)20/h6-7,9,15H,4-5H2,1-3H3,(H3,14,16,20). The van der Waals surface area contributed by atoms with E-state index in [0.29, 0.717) is 13.1 Å². The SMILES string of the molecule is Cc1cc2ncc(C(C)NCCNC(N)=O)c(C)n2n1. The fourth-order valence-corrected chi connectivity index (χ4v) is 2.19. The molecular weight excluding hydrogens is 256 g/mol. The Balaban J connectivity index is 2.07. The summed E-state index contributed by atoms with van der Waals surface area (Å²) in [5.74, 6) is 0. The molecule has 7 nitrogen and oxygen atoms in total. The van der Waals surface area contributed by atoms with Crippen LogP contribution in [0, 0.1) is 13.8 Å². The molecule has 108 valence electrons. The van der Waals surface area contributed by atoms with Crippen LogP contribution in [0.15, 0.2) is 12.3 Å². The molecule has 1 unspecified atom stereocenters. The second-order valence-corrected chi connectivity index (χ2v) is 4.82. The van der Waals surface area contributed by atoms with Gasteiger partial charge in [0.25, 0.3) is 0 Å². The number of carbonyl (C=O) groups excluding carboxylic acids is 1. The number of nitrogens with two attached hydrogens (primary N) is 1. The van der Waals surface area contributed by atoms with Gasteiger partial charge in [-0.3, -0.25) is 0 Å². The molecule has 20 heavy (non-hydrogen) atoms. The van der Waals surface area contributed by atoms with Crippen molar-refractivity contribution in [3.63, 3.8) is 0 Å². The van der Waals surface area contributed by atoms with Crippen molar-refractivity contribution >= 4 is 11.7 Å². The van der Waals surface area contributed by atoms with Crippen LogP contribution in [-0.4, -0.2) is 33.7 Å². The van der Waals surface area contributed by atoms with Gasteiger partial charge >= 0.3 is 6.03 Å². The topological polar surface area (TPSA) is 97.3 Å². The second-order valence-electron chi connectivity index (χ2n) is 4.82. The van der Waals surface area contributed by atoms with Crippen LogP contribution in [0.5, 0.6) is 0 Å². The Labute approximate surface area is 117 Å². The summed E-state index contributed by atoms with van der Waals surface area (Å²) in [6.07, 6.45) is 1.87. The first-order chi connectivity index (χ1) is 9.49. The lowest BCUT2D eigenvalue weighted by molar-refractivity contribution is 0.249. The minimum Gasteiger partial charge on any atom is -0.352 e. The molecule has 0 radical (unpaired) electrons. The summed E-state index contributed by atoms with van der Waals surface area (Å²) in [5, 5.41) is 10.3. The van der Waals surface area contributed by atoms with Crippen LogP contribution in [0.1, 0.15) is 29.9 Å². The molecule has 1 atom stereocenters. The number of primary amides is 1. The number of aromatic nitrogens is 3. The van der Waals surface area contributed by atoms with Crippen LogP contribution < -0.4 is 16.4 Å². The molecule has 0 aliphatic rings. The minimum absolute atomic E-state index is 0.117. The molecule has 2 heterocycles. The lowest BCUT2D eigenvalue weighted by Gasteiger charge is -2.16. The third-order valence-corrected chi connectivity index (χ3v) is 3.23. The van der Waals surface area contributed by atoms with Crippen LogP contribution in [-0.2, 0) is 0 Å². The molecule has 0 aliphatic heterocycles. The van der Waals surface area contributed by atoms with Crippen molar-refractivity contribution in [2.45, 2.75) is 26.8 Å². The van der Waals surface area contributed by atoms with Crippen LogP contribution in [0.2, 0.25) is 0 Å². The van der Waals surface area contributed by atoms with Crippen molar-refractivity contribution in [3.8, 4) is 0 Å². The van der Waals surface area contributed by atoms with Gasteiger partial charge in [0.15, 0.2) is 5.65 Å². The minimum atomic E-state index is -0.509. The summed E-state index contributed by atoms with van der Waals surface area (Å²) in [6, 6.07) is 1.56. The van der Waals surface area contributed by atoms with E-state index in [1.807, 2.05) is 30.6 Å². The van der Waals surface area contributed by atoms with Gasteiger partial charge in [0.1, 0.15) is 0 Å². The Morgan fingerprint density at radius 2 is 2.20 bits per heavy atom. The fraction of sp³-hybridized carbons (Fsp3) is 0.462.